The molecule has 0 aliphatic heterocycles. The molecule has 0 saturated carbocycles. The standard InChI is InChI=1S/C12H8N2O2.C2H6.H2S/c15-11-9-6-5-7-3-1-2-4-8(7)10(9)13-12(16)14-11;1-2;/h1-6H,(H2,13,14,15,16);1-2H3;1H2. The van der Waals surface area contributed by atoms with E-state index in [-0.39, 0.29) is 19.1 Å². The molecular weight excluding hydrogens is 260 g/mol. The summed E-state index contributed by atoms with van der Waals surface area (Å²) in [6.07, 6.45) is 0. The number of aromatic nitrogens is 2. The maximum atomic E-state index is 11.6. The van der Waals surface area contributed by atoms with Gasteiger partial charge in [-0.2, -0.15) is 13.5 Å². The van der Waals surface area contributed by atoms with Crippen LogP contribution in [0.4, 0.5) is 0 Å². The Morgan fingerprint density at radius 1 is 0.842 bits per heavy atom. The van der Waals surface area contributed by atoms with Crippen LogP contribution < -0.4 is 11.2 Å². The minimum atomic E-state index is -0.478. The van der Waals surface area contributed by atoms with Gasteiger partial charge in [0.2, 0.25) is 0 Å². The second-order valence-corrected chi connectivity index (χ2v) is 3.62. The van der Waals surface area contributed by atoms with Crippen molar-refractivity contribution < 1.29 is 0 Å². The molecule has 3 aromatic rings. The highest BCUT2D eigenvalue weighted by atomic mass is 32.1. The minimum absolute atomic E-state index is 0. The van der Waals surface area contributed by atoms with Crippen LogP contribution in [-0.2, 0) is 0 Å². The average molecular weight is 276 g/mol. The molecule has 0 spiro atoms. The lowest BCUT2D eigenvalue weighted by atomic mass is 10.1. The van der Waals surface area contributed by atoms with Gasteiger partial charge in [-0.1, -0.05) is 44.2 Å². The Morgan fingerprint density at radius 2 is 1.53 bits per heavy atom. The lowest BCUT2D eigenvalue weighted by molar-refractivity contribution is 1.08. The van der Waals surface area contributed by atoms with E-state index in [2.05, 4.69) is 9.97 Å². The van der Waals surface area contributed by atoms with E-state index in [1.165, 1.54) is 0 Å². The summed E-state index contributed by atoms with van der Waals surface area (Å²) in [5.74, 6) is 0. The van der Waals surface area contributed by atoms with Crippen LogP contribution in [-0.4, -0.2) is 9.97 Å². The number of H-pyrrole nitrogens is 2. The van der Waals surface area contributed by atoms with Crippen LogP contribution in [0.1, 0.15) is 13.8 Å². The van der Waals surface area contributed by atoms with Crippen molar-refractivity contribution in [3.63, 3.8) is 0 Å². The summed E-state index contributed by atoms with van der Waals surface area (Å²) in [6.45, 7) is 4.00. The zero-order valence-corrected chi connectivity index (χ0v) is 11.8. The molecule has 4 nitrogen and oxygen atoms in total. The number of nitrogens with one attached hydrogen (secondary N) is 2. The number of rotatable bonds is 0. The first-order chi connectivity index (χ1) is 8.75. The number of hydrogen-bond acceptors (Lipinski definition) is 2. The molecule has 2 aromatic carbocycles. The zero-order chi connectivity index (χ0) is 13.1. The lowest BCUT2D eigenvalue weighted by Gasteiger charge is -2.01. The van der Waals surface area contributed by atoms with E-state index in [9.17, 15) is 9.59 Å². The fourth-order valence-corrected chi connectivity index (χ4v) is 1.91. The van der Waals surface area contributed by atoms with Gasteiger partial charge < -0.3 is 4.98 Å². The first-order valence-electron chi connectivity index (χ1n) is 5.90. The van der Waals surface area contributed by atoms with E-state index >= 15 is 0 Å². The van der Waals surface area contributed by atoms with Gasteiger partial charge in [0.15, 0.2) is 0 Å². The van der Waals surface area contributed by atoms with Gasteiger partial charge >= 0.3 is 5.69 Å². The van der Waals surface area contributed by atoms with Crippen LogP contribution in [0, 0.1) is 0 Å². The van der Waals surface area contributed by atoms with Gasteiger partial charge in [0.1, 0.15) is 0 Å². The fourth-order valence-electron chi connectivity index (χ4n) is 1.91. The Kier molecular flexibility index (Phi) is 4.94. The minimum Gasteiger partial charge on any atom is -0.306 e. The lowest BCUT2D eigenvalue weighted by Crippen LogP contribution is -2.21. The number of benzene rings is 2. The Labute approximate surface area is 116 Å². The van der Waals surface area contributed by atoms with Gasteiger partial charge in [0, 0.05) is 5.39 Å². The third-order valence-corrected chi connectivity index (χ3v) is 2.64. The maximum Gasteiger partial charge on any atom is 0.326 e. The van der Waals surface area contributed by atoms with Gasteiger partial charge in [0.05, 0.1) is 10.9 Å². The van der Waals surface area contributed by atoms with Crippen molar-refractivity contribution in [3.8, 4) is 0 Å². The molecule has 0 fully saturated rings. The van der Waals surface area contributed by atoms with Crippen LogP contribution >= 0.6 is 13.5 Å². The Balaban J connectivity index is 0.000000576. The molecule has 0 bridgehead atoms. The van der Waals surface area contributed by atoms with Gasteiger partial charge in [-0.15, -0.1) is 0 Å². The van der Waals surface area contributed by atoms with E-state index in [4.69, 9.17) is 0 Å². The van der Waals surface area contributed by atoms with Crippen molar-refractivity contribution in [2.24, 2.45) is 0 Å². The smallest absolute Gasteiger partial charge is 0.306 e. The molecule has 100 valence electrons. The second-order valence-electron chi connectivity index (χ2n) is 3.62. The predicted octanol–water partition coefficient (Wildman–Crippen LogP) is 2.51. The van der Waals surface area contributed by atoms with E-state index in [0.29, 0.717) is 10.9 Å². The molecular formula is C14H16N2O2S. The molecule has 0 saturated heterocycles. The van der Waals surface area contributed by atoms with Crippen molar-refractivity contribution in [2.75, 3.05) is 0 Å². The van der Waals surface area contributed by atoms with Crippen molar-refractivity contribution >= 4 is 35.2 Å². The quantitative estimate of drug-likeness (QED) is 0.620. The molecule has 1 heterocycles. The van der Waals surface area contributed by atoms with Crippen molar-refractivity contribution in [2.45, 2.75) is 13.8 Å². The maximum absolute atomic E-state index is 11.6. The summed E-state index contributed by atoms with van der Waals surface area (Å²) in [5.41, 5.74) is -0.245. The van der Waals surface area contributed by atoms with Gasteiger partial charge in [0.25, 0.3) is 5.56 Å². The SMILES string of the molecule is CC.O=c1[nH]c(=O)c2ccc3ccccc3c2[nH]1.S. The molecule has 0 unspecified atom stereocenters. The number of hydrogen-bond donors (Lipinski definition) is 2. The summed E-state index contributed by atoms with van der Waals surface area (Å²) in [5, 5.41) is 2.37. The first kappa shape index (κ1) is 15.0. The summed E-state index contributed by atoms with van der Waals surface area (Å²) < 4.78 is 0. The molecule has 19 heavy (non-hydrogen) atoms. The van der Waals surface area contributed by atoms with E-state index in [1.807, 2.05) is 44.2 Å². The highest BCUT2D eigenvalue weighted by Gasteiger charge is 2.03. The Morgan fingerprint density at radius 3 is 2.26 bits per heavy atom. The molecule has 1 aromatic heterocycles. The van der Waals surface area contributed by atoms with Gasteiger partial charge in [-0.05, 0) is 11.5 Å². The summed E-state index contributed by atoms with van der Waals surface area (Å²) in [6, 6.07) is 11.2. The predicted molar refractivity (Wildman–Crippen MR) is 84.4 cm³/mol. The number of fused-ring (bicyclic) bond motifs is 3. The molecule has 0 atom stereocenters. The van der Waals surface area contributed by atoms with E-state index in [1.54, 1.807) is 6.07 Å². The average Bonchev–Trinajstić information content (AvgIpc) is 2.40. The van der Waals surface area contributed by atoms with Gasteiger partial charge in [-0.3, -0.25) is 9.78 Å². The third-order valence-electron chi connectivity index (χ3n) is 2.64. The highest BCUT2D eigenvalue weighted by Crippen LogP contribution is 2.19. The fraction of sp³-hybridized carbons (Fsp3) is 0.143. The van der Waals surface area contributed by atoms with Crippen LogP contribution in [0.5, 0.6) is 0 Å². The monoisotopic (exact) mass is 276 g/mol. The summed E-state index contributed by atoms with van der Waals surface area (Å²) in [7, 11) is 0. The summed E-state index contributed by atoms with van der Waals surface area (Å²) >= 11 is 0. The topological polar surface area (TPSA) is 65.7 Å². The molecule has 0 aliphatic carbocycles. The van der Waals surface area contributed by atoms with Crippen LogP contribution in [0.25, 0.3) is 21.7 Å². The Hall–Kier alpha value is -2.01. The molecule has 0 aliphatic rings. The molecule has 0 amide bonds. The van der Waals surface area contributed by atoms with Crippen LogP contribution in [0.15, 0.2) is 46.0 Å². The van der Waals surface area contributed by atoms with Crippen LogP contribution in [0.3, 0.4) is 0 Å². The van der Waals surface area contributed by atoms with E-state index in [0.717, 1.165) is 10.8 Å². The van der Waals surface area contributed by atoms with Crippen molar-refractivity contribution in [3.05, 3.63) is 57.2 Å². The highest BCUT2D eigenvalue weighted by molar-refractivity contribution is 7.59. The summed E-state index contributed by atoms with van der Waals surface area (Å²) in [4.78, 5) is 27.7. The van der Waals surface area contributed by atoms with Crippen molar-refractivity contribution in [1.29, 1.82) is 0 Å². The Bertz CT molecular complexity index is 805. The normalized spacial score (nSPS) is 9.58. The largest absolute Gasteiger partial charge is 0.326 e. The zero-order valence-electron chi connectivity index (χ0n) is 10.8. The van der Waals surface area contributed by atoms with Crippen LogP contribution in [0.2, 0.25) is 0 Å². The van der Waals surface area contributed by atoms with Gasteiger partial charge in [-0.25, -0.2) is 4.79 Å². The van der Waals surface area contributed by atoms with E-state index < -0.39 is 5.69 Å². The number of aromatic amines is 2. The third kappa shape index (κ3) is 2.71. The molecule has 5 heteroatoms. The molecule has 3 rings (SSSR count). The molecule has 2 N–H and O–H groups in total. The first-order valence-corrected chi connectivity index (χ1v) is 5.90. The van der Waals surface area contributed by atoms with Crippen molar-refractivity contribution in [1.82, 2.24) is 9.97 Å². The molecule has 0 radical (unpaired) electrons. The second kappa shape index (κ2) is 6.24.